The van der Waals surface area contributed by atoms with Gasteiger partial charge < -0.3 is 0 Å². The van der Waals surface area contributed by atoms with E-state index in [-0.39, 0.29) is 0 Å². The van der Waals surface area contributed by atoms with Gasteiger partial charge in [-0.15, -0.1) is 0 Å². The maximum Gasteiger partial charge on any atom is 0.0510 e. The lowest BCUT2D eigenvalue weighted by molar-refractivity contribution is 1.71. The fourth-order valence-electron chi connectivity index (χ4n) is 1.30. The van der Waals surface area contributed by atoms with Gasteiger partial charge in [0.15, 0.2) is 0 Å². The van der Waals surface area contributed by atoms with Crippen molar-refractivity contribution >= 4 is 49.9 Å². The predicted molar refractivity (Wildman–Crippen MR) is 61.7 cm³/mol. The molecule has 0 N–H and O–H groups in total. The molecule has 0 heterocycles. The fraction of sp³-hybridized carbons (Fsp3) is 0. The van der Waals surface area contributed by atoms with E-state index in [1.807, 2.05) is 24.3 Å². The van der Waals surface area contributed by atoms with E-state index in [4.69, 9.17) is 23.2 Å². The van der Waals surface area contributed by atoms with Crippen LogP contribution in [0.4, 0.5) is 0 Å². The van der Waals surface area contributed by atoms with Crippen LogP contribution in [-0.4, -0.2) is 0 Å². The number of fused-ring (bicyclic) bond motifs is 1. The van der Waals surface area contributed by atoms with Crippen molar-refractivity contribution in [3.05, 3.63) is 44.8 Å². The smallest absolute Gasteiger partial charge is 0.0510 e. The van der Waals surface area contributed by atoms with Crippen LogP contribution in [0.5, 0.6) is 0 Å². The van der Waals surface area contributed by atoms with E-state index in [1.165, 1.54) is 0 Å². The van der Waals surface area contributed by atoms with Gasteiger partial charge >= 0.3 is 0 Å². The quantitative estimate of drug-likeness (QED) is 0.641. The number of rotatable bonds is 0. The molecular weight excluding hydrogens is 271 g/mol. The molecule has 3 heteroatoms. The molecule has 0 radical (unpaired) electrons. The summed E-state index contributed by atoms with van der Waals surface area (Å²) in [6, 6.07) is 9.54. The average Bonchev–Trinajstić information content (AvgIpc) is 2.02. The van der Waals surface area contributed by atoms with Gasteiger partial charge in [-0.2, -0.15) is 0 Å². The average molecular weight is 276 g/mol. The molecule has 66 valence electrons. The maximum absolute atomic E-state index is 6.05. The molecule has 0 aromatic heterocycles. The summed E-state index contributed by atoms with van der Waals surface area (Å²) in [6.45, 7) is 0. The third-order valence-corrected chi connectivity index (χ3v) is 3.02. The van der Waals surface area contributed by atoms with Gasteiger partial charge in [0.2, 0.25) is 0 Å². The second-order valence-corrected chi connectivity index (χ2v) is 4.42. The summed E-state index contributed by atoms with van der Waals surface area (Å²) < 4.78 is 0.992. The molecule has 0 aliphatic carbocycles. The van der Waals surface area contributed by atoms with E-state index in [2.05, 4.69) is 15.9 Å². The summed E-state index contributed by atoms with van der Waals surface area (Å²) in [5.41, 5.74) is 0. The van der Waals surface area contributed by atoms with Crippen LogP contribution >= 0.6 is 39.1 Å². The molecule has 0 spiro atoms. The van der Waals surface area contributed by atoms with Crippen LogP contribution in [0, 0.1) is 0 Å². The minimum absolute atomic E-state index is 0.663. The molecule has 2 aromatic rings. The molecule has 0 atom stereocenters. The Hall–Kier alpha value is -0.240. The molecule has 0 nitrogen and oxygen atoms in total. The van der Waals surface area contributed by atoms with Crippen LogP contribution < -0.4 is 0 Å². The first-order chi connectivity index (χ1) is 6.18. The number of halogens is 3. The molecule has 0 saturated carbocycles. The van der Waals surface area contributed by atoms with Crippen LogP contribution in [0.3, 0.4) is 0 Å². The molecule has 2 rings (SSSR count). The molecule has 0 unspecified atom stereocenters. The molecule has 0 bridgehead atoms. The summed E-state index contributed by atoms with van der Waals surface area (Å²) in [7, 11) is 0. The van der Waals surface area contributed by atoms with Crippen molar-refractivity contribution in [3.8, 4) is 0 Å². The van der Waals surface area contributed by atoms with Gasteiger partial charge in [-0.25, -0.2) is 0 Å². The minimum atomic E-state index is 0.663. The summed E-state index contributed by atoms with van der Waals surface area (Å²) in [5, 5.41) is 3.39. The van der Waals surface area contributed by atoms with Crippen LogP contribution in [0.15, 0.2) is 34.8 Å². The molecule has 13 heavy (non-hydrogen) atoms. The van der Waals surface area contributed by atoms with Gasteiger partial charge in [-0.1, -0.05) is 51.3 Å². The molecule has 0 saturated heterocycles. The Morgan fingerprint density at radius 3 is 2.62 bits per heavy atom. The van der Waals surface area contributed by atoms with Crippen LogP contribution in [0.1, 0.15) is 0 Å². The van der Waals surface area contributed by atoms with E-state index in [0.717, 1.165) is 15.2 Å². The summed E-state index contributed by atoms with van der Waals surface area (Å²) in [6.07, 6.45) is 0. The number of hydrogen-bond acceptors (Lipinski definition) is 0. The fourth-order valence-corrected chi connectivity index (χ4v) is 2.62. The second kappa shape index (κ2) is 3.49. The third-order valence-electron chi connectivity index (χ3n) is 1.84. The van der Waals surface area contributed by atoms with Crippen molar-refractivity contribution < 1.29 is 0 Å². The van der Waals surface area contributed by atoms with Crippen molar-refractivity contribution in [2.45, 2.75) is 0 Å². The van der Waals surface area contributed by atoms with Gasteiger partial charge in [-0.05, 0) is 23.6 Å². The van der Waals surface area contributed by atoms with Gasteiger partial charge in [-0.3, -0.25) is 0 Å². The molecule has 0 amide bonds. The van der Waals surface area contributed by atoms with E-state index < -0.39 is 0 Å². The Morgan fingerprint density at radius 2 is 1.85 bits per heavy atom. The van der Waals surface area contributed by atoms with Gasteiger partial charge in [0, 0.05) is 14.9 Å². The molecule has 0 aliphatic heterocycles. The van der Waals surface area contributed by atoms with E-state index in [1.54, 1.807) is 6.07 Å². The van der Waals surface area contributed by atoms with Crippen molar-refractivity contribution in [3.63, 3.8) is 0 Å². The lowest BCUT2D eigenvalue weighted by Gasteiger charge is -2.03. The Bertz CT molecular complexity index is 466. The molecule has 0 fully saturated rings. The first kappa shape index (κ1) is 9.32. The zero-order chi connectivity index (χ0) is 9.42. The Balaban J connectivity index is 2.94. The van der Waals surface area contributed by atoms with E-state index in [9.17, 15) is 0 Å². The second-order valence-electron chi connectivity index (χ2n) is 2.73. The normalized spacial score (nSPS) is 10.7. The largest absolute Gasteiger partial charge is 0.0843 e. The minimum Gasteiger partial charge on any atom is -0.0843 e. The van der Waals surface area contributed by atoms with Gasteiger partial charge in [0.05, 0.1) is 5.02 Å². The van der Waals surface area contributed by atoms with Crippen LogP contribution in [-0.2, 0) is 0 Å². The molecule has 0 aliphatic rings. The van der Waals surface area contributed by atoms with Crippen molar-refractivity contribution in [2.24, 2.45) is 0 Å². The van der Waals surface area contributed by atoms with E-state index in [0.29, 0.717) is 10.0 Å². The topological polar surface area (TPSA) is 0 Å². The summed E-state index contributed by atoms with van der Waals surface area (Å²) in [5.74, 6) is 0. The SMILES string of the molecule is Clc1cc(Cl)c2c(Br)cccc2c1. The van der Waals surface area contributed by atoms with Gasteiger partial charge in [0.1, 0.15) is 0 Å². The Labute approximate surface area is 94.6 Å². The highest BCUT2D eigenvalue weighted by molar-refractivity contribution is 9.10. The van der Waals surface area contributed by atoms with Crippen molar-refractivity contribution in [1.82, 2.24) is 0 Å². The number of hydrogen-bond donors (Lipinski definition) is 0. The predicted octanol–water partition coefficient (Wildman–Crippen LogP) is 4.91. The van der Waals surface area contributed by atoms with Crippen LogP contribution in [0.2, 0.25) is 10.0 Å². The highest BCUT2D eigenvalue weighted by atomic mass is 79.9. The number of benzene rings is 2. The van der Waals surface area contributed by atoms with Gasteiger partial charge in [0.25, 0.3) is 0 Å². The highest BCUT2D eigenvalue weighted by Crippen LogP contribution is 2.32. The Kier molecular flexibility index (Phi) is 2.50. The summed E-state index contributed by atoms with van der Waals surface area (Å²) >= 11 is 15.4. The van der Waals surface area contributed by atoms with Crippen LogP contribution in [0.25, 0.3) is 10.8 Å². The first-order valence-corrected chi connectivity index (χ1v) is 5.26. The molecular formula is C10H5BrCl2. The third kappa shape index (κ3) is 1.69. The zero-order valence-corrected chi connectivity index (χ0v) is 9.62. The standard InChI is InChI=1S/C10H5BrCl2/c11-8-3-1-2-6-4-7(12)5-9(13)10(6)8/h1-5H. The Morgan fingerprint density at radius 1 is 1.08 bits per heavy atom. The maximum atomic E-state index is 6.05. The molecule has 2 aromatic carbocycles. The zero-order valence-electron chi connectivity index (χ0n) is 6.52. The van der Waals surface area contributed by atoms with Crippen molar-refractivity contribution in [2.75, 3.05) is 0 Å². The lowest BCUT2D eigenvalue weighted by atomic mass is 10.1. The lowest BCUT2D eigenvalue weighted by Crippen LogP contribution is -1.76. The van der Waals surface area contributed by atoms with E-state index >= 15 is 0 Å². The first-order valence-electron chi connectivity index (χ1n) is 3.72. The summed E-state index contributed by atoms with van der Waals surface area (Å²) in [4.78, 5) is 0. The highest BCUT2D eigenvalue weighted by Gasteiger charge is 2.03. The monoisotopic (exact) mass is 274 g/mol. The van der Waals surface area contributed by atoms with Crippen molar-refractivity contribution in [1.29, 1.82) is 0 Å².